The number of nitrogens with one attached hydrogen (secondary N) is 1. The average Bonchev–Trinajstić information content (AvgIpc) is 3.06. The number of nitrogens with zero attached hydrogens (tertiary/aromatic N) is 3. The van der Waals surface area contributed by atoms with Gasteiger partial charge < -0.3 is 8.92 Å². The summed E-state index contributed by atoms with van der Waals surface area (Å²) in [5.74, 6) is -0.504. The summed E-state index contributed by atoms with van der Waals surface area (Å²) in [4.78, 5) is 16.3. The molecule has 2 aromatic rings. The highest BCUT2D eigenvalue weighted by atomic mass is 32.2. The van der Waals surface area contributed by atoms with Crippen molar-refractivity contribution in [2.45, 2.75) is 5.16 Å². The van der Waals surface area contributed by atoms with Crippen LogP contribution in [0.5, 0.6) is 11.5 Å². The first-order valence-corrected chi connectivity index (χ1v) is 11.0. The summed E-state index contributed by atoms with van der Waals surface area (Å²) >= 11 is 2.34. The molecule has 9 nitrogen and oxygen atoms in total. The first-order valence-electron chi connectivity index (χ1n) is 7.14. The Hall–Kier alpha value is -2.62. The Bertz CT molecular complexity index is 1020. The normalized spacial score (nSPS) is 11.6. The van der Waals surface area contributed by atoms with E-state index in [4.69, 9.17) is 8.92 Å². The number of benzene rings is 1. The van der Waals surface area contributed by atoms with Crippen molar-refractivity contribution in [3.63, 3.8) is 0 Å². The van der Waals surface area contributed by atoms with Crippen LogP contribution >= 0.6 is 23.3 Å². The molecule has 0 unspecified atom stereocenters. The van der Waals surface area contributed by atoms with Gasteiger partial charge >= 0.3 is 10.1 Å². The van der Waals surface area contributed by atoms with Crippen LogP contribution < -0.4 is 14.2 Å². The minimum Gasteiger partial charge on any atom is -0.493 e. The van der Waals surface area contributed by atoms with Gasteiger partial charge in [-0.3, -0.25) is 10.1 Å². The van der Waals surface area contributed by atoms with Gasteiger partial charge in [0, 0.05) is 11.5 Å². The standard InChI is InChI=1S/C15H14N4O5S3/c1-23-12-7-9(4-5-11(12)24-27(3,21)22)6-10(8-16)13(20)17-14-18-15(25-2)19-26-14/h4-7H,1-3H3,(H,17,18,19,20). The number of nitriles is 1. The maximum Gasteiger partial charge on any atom is 0.306 e. The predicted octanol–water partition coefficient (Wildman–Crippen LogP) is 2.15. The summed E-state index contributed by atoms with van der Waals surface area (Å²) in [6.45, 7) is 0. The molecule has 12 heteroatoms. The van der Waals surface area contributed by atoms with Crippen LogP contribution in [0.2, 0.25) is 0 Å². The zero-order valence-corrected chi connectivity index (χ0v) is 16.9. The number of thioether (sulfide) groups is 1. The Morgan fingerprint density at radius 3 is 2.70 bits per heavy atom. The van der Waals surface area contributed by atoms with Gasteiger partial charge in [0.25, 0.3) is 5.91 Å². The molecule has 1 aromatic carbocycles. The molecule has 1 aromatic heterocycles. The third kappa shape index (κ3) is 5.95. The number of carbonyl (C=O) groups is 1. The zero-order chi connectivity index (χ0) is 20.0. The molecule has 0 fully saturated rings. The monoisotopic (exact) mass is 426 g/mol. The van der Waals surface area contributed by atoms with Gasteiger partial charge in [-0.05, 0) is 30.0 Å². The SMILES string of the molecule is COc1cc(C=C(C#N)C(=O)Nc2nc(SC)ns2)ccc1OS(C)(=O)=O. The Balaban J connectivity index is 2.25. The third-order valence-corrected chi connectivity index (χ3v) is 4.69. The lowest BCUT2D eigenvalue weighted by Gasteiger charge is -2.09. The number of rotatable bonds is 7. The molecule has 0 aliphatic heterocycles. The van der Waals surface area contributed by atoms with Crippen molar-refractivity contribution in [2.24, 2.45) is 0 Å². The van der Waals surface area contributed by atoms with E-state index in [1.165, 1.54) is 43.1 Å². The highest BCUT2D eigenvalue weighted by molar-refractivity contribution is 7.98. The summed E-state index contributed by atoms with van der Waals surface area (Å²) in [5, 5.41) is 12.6. The second-order valence-corrected chi connectivity index (χ2v) is 8.01. The number of hydrogen-bond acceptors (Lipinski definition) is 10. The molecule has 0 aliphatic carbocycles. The predicted molar refractivity (Wildman–Crippen MR) is 102 cm³/mol. The van der Waals surface area contributed by atoms with Crippen molar-refractivity contribution < 1.29 is 22.1 Å². The van der Waals surface area contributed by atoms with Gasteiger partial charge in [0.2, 0.25) is 10.3 Å². The fourth-order valence-electron chi connectivity index (χ4n) is 1.83. The molecule has 1 amide bonds. The van der Waals surface area contributed by atoms with E-state index in [2.05, 4.69) is 14.7 Å². The maximum absolute atomic E-state index is 12.2. The molecule has 0 spiro atoms. The topological polar surface area (TPSA) is 131 Å². The fraction of sp³-hybridized carbons (Fsp3) is 0.200. The van der Waals surface area contributed by atoms with E-state index in [0.717, 1.165) is 17.8 Å². The van der Waals surface area contributed by atoms with Crippen molar-refractivity contribution in [3.8, 4) is 17.6 Å². The fourth-order valence-corrected chi connectivity index (χ4v) is 3.41. The maximum atomic E-state index is 12.2. The van der Waals surface area contributed by atoms with Gasteiger partial charge in [0.1, 0.15) is 11.6 Å². The Morgan fingerprint density at radius 2 is 2.15 bits per heavy atom. The van der Waals surface area contributed by atoms with Crippen molar-refractivity contribution >= 4 is 50.5 Å². The van der Waals surface area contributed by atoms with Crippen LogP contribution in [0, 0.1) is 11.3 Å². The molecule has 2 rings (SSSR count). The molecule has 1 N–H and O–H groups in total. The van der Waals surface area contributed by atoms with Gasteiger partial charge in [-0.1, -0.05) is 17.8 Å². The largest absolute Gasteiger partial charge is 0.493 e. The number of hydrogen-bond donors (Lipinski definition) is 1. The third-order valence-electron chi connectivity index (χ3n) is 2.92. The molecular formula is C15H14N4O5S3. The number of anilines is 1. The van der Waals surface area contributed by atoms with Crippen LogP contribution in [0.15, 0.2) is 28.9 Å². The second-order valence-electron chi connectivity index (χ2n) is 4.91. The molecule has 0 radical (unpaired) electrons. The molecule has 1 heterocycles. The van der Waals surface area contributed by atoms with Gasteiger partial charge in [-0.25, -0.2) is 0 Å². The van der Waals surface area contributed by atoms with Crippen molar-refractivity contribution in [3.05, 3.63) is 29.3 Å². The van der Waals surface area contributed by atoms with Crippen LogP contribution in [0.4, 0.5) is 5.13 Å². The van der Waals surface area contributed by atoms with Crippen LogP contribution in [-0.2, 0) is 14.9 Å². The van der Waals surface area contributed by atoms with Crippen LogP contribution in [0.3, 0.4) is 0 Å². The molecule has 0 bridgehead atoms. The lowest BCUT2D eigenvalue weighted by atomic mass is 10.1. The van der Waals surface area contributed by atoms with Crippen molar-refractivity contribution in [1.29, 1.82) is 5.26 Å². The number of methoxy groups -OCH3 is 1. The summed E-state index contributed by atoms with van der Waals surface area (Å²) in [6.07, 6.45) is 4.05. The molecule has 0 aliphatic rings. The molecular weight excluding hydrogens is 412 g/mol. The lowest BCUT2D eigenvalue weighted by molar-refractivity contribution is -0.112. The Kier molecular flexibility index (Phi) is 6.78. The van der Waals surface area contributed by atoms with Gasteiger partial charge in [-0.15, -0.1) is 0 Å². The molecule has 0 saturated heterocycles. The highest BCUT2D eigenvalue weighted by Crippen LogP contribution is 2.30. The van der Waals surface area contributed by atoms with Crippen LogP contribution in [0.25, 0.3) is 6.08 Å². The van der Waals surface area contributed by atoms with Crippen LogP contribution in [-0.4, -0.2) is 43.3 Å². The first-order chi connectivity index (χ1) is 12.8. The van der Waals surface area contributed by atoms with Gasteiger partial charge in [0.15, 0.2) is 11.5 Å². The number of ether oxygens (including phenoxy) is 1. The van der Waals surface area contributed by atoms with E-state index in [1.54, 1.807) is 6.26 Å². The second kappa shape index (κ2) is 8.85. The van der Waals surface area contributed by atoms with Crippen LogP contribution in [0.1, 0.15) is 5.56 Å². The van der Waals surface area contributed by atoms with E-state index in [0.29, 0.717) is 10.7 Å². The van der Waals surface area contributed by atoms with E-state index in [-0.39, 0.29) is 22.2 Å². The van der Waals surface area contributed by atoms with Crippen molar-refractivity contribution in [1.82, 2.24) is 9.36 Å². The number of amides is 1. The van der Waals surface area contributed by atoms with E-state index in [1.807, 2.05) is 6.07 Å². The molecule has 0 atom stereocenters. The first kappa shape index (κ1) is 20.7. The number of carbonyl (C=O) groups excluding carboxylic acids is 1. The minimum atomic E-state index is -3.72. The Labute approximate surface area is 164 Å². The molecule has 27 heavy (non-hydrogen) atoms. The summed E-state index contributed by atoms with van der Waals surface area (Å²) in [6, 6.07) is 6.12. The zero-order valence-electron chi connectivity index (χ0n) is 14.4. The quantitative estimate of drug-likeness (QED) is 0.306. The molecule has 142 valence electrons. The van der Waals surface area contributed by atoms with E-state index < -0.39 is 16.0 Å². The summed E-state index contributed by atoms with van der Waals surface area (Å²) in [5.41, 5.74) is 0.274. The summed E-state index contributed by atoms with van der Waals surface area (Å²) in [7, 11) is -2.38. The van der Waals surface area contributed by atoms with Gasteiger partial charge in [0.05, 0.1) is 13.4 Å². The van der Waals surface area contributed by atoms with E-state index in [9.17, 15) is 18.5 Å². The van der Waals surface area contributed by atoms with Crippen molar-refractivity contribution in [2.75, 3.05) is 24.9 Å². The number of aromatic nitrogens is 2. The summed E-state index contributed by atoms with van der Waals surface area (Å²) < 4.78 is 36.5. The Morgan fingerprint density at radius 1 is 1.41 bits per heavy atom. The van der Waals surface area contributed by atoms with Gasteiger partial charge in [-0.2, -0.15) is 23.0 Å². The highest BCUT2D eigenvalue weighted by Gasteiger charge is 2.15. The van der Waals surface area contributed by atoms with E-state index >= 15 is 0 Å². The molecule has 0 saturated carbocycles. The average molecular weight is 427 g/mol. The lowest BCUT2D eigenvalue weighted by Crippen LogP contribution is -2.13. The smallest absolute Gasteiger partial charge is 0.306 e. The minimum absolute atomic E-state index is 0.00133.